The van der Waals surface area contributed by atoms with Crippen LogP contribution in [-0.4, -0.2) is 42.3 Å². The van der Waals surface area contributed by atoms with Crippen molar-refractivity contribution in [2.45, 2.75) is 45.7 Å². The summed E-state index contributed by atoms with van der Waals surface area (Å²) in [5.74, 6) is 3.54. The minimum Gasteiger partial charge on any atom is -0.328 e. The monoisotopic (exact) mass is 364 g/mol. The van der Waals surface area contributed by atoms with Gasteiger partial charge >= 0.3 is 0 Å². The van der Waals surface area contributed by atoms with Crippen LogP contribution in [0.4, 0.5) is 0 Å². The summed E-state index contributed by atoms with van der Waals surface area (Å²) in [5, 5.41) is 9.03. The molecule has 2 aromatic heterocycles. The van der Waals surface area contributed by atoms with Crippen molar-refractivity contribution in [3.63, 3.8) is 0 Å². The number of benzene rings is 1. The van der Waals surface area contributed by atoms with Gasteiger partial charge in [-0.15, -0.1) is 10.2 Å². The molecule has 6 nitrogen and oxygen atoms in total. The normalized spacial score (nSPS) is 18.1. The van der Waals surface area contributed by atoms with Crippen LogP contribution in [0.25, 0.3) is 0 Å². The van der Waals surface area contributed by atoms with Crippen molar-refractivity contribution in [3.05, 3.63) is 65.3 Å². The van der Waals surface area contributed by atoms with Gasteiger partial charge in [-0.3, -0.25) is 4.90 Å². The number of piperidine rings is 1. The zero-order valence-electron chi connectivity index (χ0n) is 16.5. The summed E-state index contributed by atoms with van der Waals surface area (Å²) in [5.41, 5.74) is 2.70. The van der Waals surface area contributed by atoms with E-state index in [-0.39, 0.29) is 0 Å². The average Bonchev–Trinajstić information content (AvgIpc) is 3.24. The van der Waals surface area contributed by atoms with E-state index in [2.05, 4.69) is 67.5 Å². The standard InChI is InChI=1S/C21H28N6/c1-16-6-8-18(9-7-16)13-26-11-4-5-19(14-26)21-24-23-20(25(21)3)15-27-12-10-22-17(27)2/h6-10,12,19H,4-5,11,13-15H2,1-3H3/t19-/m0/s1. The van der Waals surface area contributed by atoms with Crippen LogP contribution in [0, 0.1) is 13.8 Å². The first kappa shape index (κ1) is 17.9. The average molecular weight is 364 g/mol. The second kappa shape index (κ2) is 7.64. The van der Waals surface area contributed by atoms with Gasteiger partial charge in [-0.25, -0.2) is 4.98 Å². The quantitative estimate of drug-likeness (QED) is 0.698. The van der Waals surface area contributed by atoms with E-state index in [1.807, 2.05) is 19.3 Å². The molecule has 0 N–H and O–H groups in total. The third-order valence-corrected chi connectivity index (χ3v) is 5.63. The third-order valence-electron chi connectivity index (χ3n) is 5.63. The van der Waals surface area contributed by atoms with Crippen molar-refractivity contribution in [2.75, 3.05) is 13.1 Å². The molecule has 1 aliphatic heterocycles. The molecule has 1 atom stereocenters. The molecule has 0 radical (unpaired) electrons. The van der Waals surface area contributed by atoms with Crippen molar-refractivity contribution in [1.29, 1.82) is 0 Å². The fourth-order valence-electron chi connectivity index (χ4n) is 3.95. The first-order chi connectivity index (χ1) is 13.1. The Morgan fingerprint density at radius 1 is 1.07 bits per heavy atom. The number of aryl methyl sites for hydroxylation is 2. The van der Waals surface area contributed by atoms with Crippen molar-refractivity contribution in [3.8, 4) is 0 Å². The van der Waals surface area contributed by atoms with E-state index in [1.165, 1.54) is 24.0 Å². The first-order valence-electron chi connectivity index (χ1n) is 9.74. The molecule has 0 saturated carbocycles. The third kappa shape index (κ3) is 3.95. The van der Waals surface area contributed by atoms with Crippen molar-refractivity contribution >= 4 is 0 Å². The van der Waals surface area contributed by atoms with E-state index < -0.39 is 0 Å². The van der Waals surface area contributed by atoms with E-state index >= 15 is 0 Å². The van der Waals surface area contributed by atoms with Gasteiger partial charge in [0.15, 0.2) is 5.82 Å². The lowest BCUT2D eigenvalue weighted by Crippen LogP contribution is -2.34. The minimum absolute atomic E-state index is 0.444. The molecule has 1 fully saturated rings. The molecule has 0 unspecified atom stereocenters. The first-order valence-corrected chi connectivity index (χ1v) is 9.74. The molecule has 3 heterocycles. The number of likely N-dealkylation sites (tertiary alicyclic amines) is 1. The molecule has 0 bridgehead atoms. The van der Waals surface area contributed by atoms with Gasteiger partial charge in [0.2, 0.25) is 0 Å². The Kier molecular flexibility index (Phi) is 5.07. The molecule has 1 aliphatic rings. The van der Waals surface area contributed by atoms with Crippen LogP contribution in [0.3, 0.4) is 0 Å². The maximum atomic E-state index is 4.56. The molecule has 6 heteroatoms. The van der Waals surface area contributed by atoms with Crippen molar-refractivity contribution in [2.24, 2.45) is 7.05 Å². The molecule has 4 rings (SSSR count). The van der Waals surface area contributed by atoms with Gasteiger partial charge in [-0.05, 0) is 38.8 Å². The van der Waals surface area contributed by atoms with Gasteiger partial charge < -0.3 is 9.13 Å². The van der Waals surface area contributed by atoms with Crippen LogP contribution < -0.4 is 0 Å². The second-order valence-corrected chi connectivity index (χ2v) is 7.70. The van der Waals surface area contributed by atoms with Crippen LogP contribution >= 0.6 is 0 Å². The summed E-state index contributed by atoms with van der Waals surface area (Å²) in [4.78, 5) is 6.84. The number of rotatable bonds is 5. The van der Waals surface area contributed by atoms with E-state index in [4.69, 9.17) is 0 Å². The number of aromatic nitrogens is 5. The molecular weight excluding hydrogens is 336 g/mol. The molecule has 142 valence electrons. The van der Waals surface area contributed by atoms with Crippen LogP contribution in [0.1, 0.15) is 47.4 Å². The van der Waals surface area contributed by atoms with Crippen LogP contribution in [0.2, 0.25) is 0 Å². The van der Waals surface area contributed by atoms with E-state index in [9.17, 15) is 0 Å². The molecule has 3 aromatic rings. The lowest BCUT2D eigenvalue weighted by Gasteiger charge is -2.32. The summed E-state index contributed by atoms with van der Waals surface area (Å²) in [6, 6.07) is 8.88. The Balaban J connectivity index is 1.45. The van der Waals surface area contributed by atoms with Crippen molar-refractivity contribution < 1.29 is 0 Å². The minimum atomic E-state index is 0.444. The maximum Gasteiger partial charge on any atom is 0.152 e. The molecule has 0 spiro atoms. The van der Waals surface area contributed by atoms with Gasteiger partial charge in [-0.1, -0.05) is 29.8 Å². The maximum absolute atomic E-state index is 4.56. The molecule has 27 heavy (non-hydrogen) atoms. The van der Waals surface area contributed by atoms with Crippen LogP contribution in [-0.2, 0) is 20.1 Å². The predicted molar refractivity (Wildman–Crippen MR) is 106 cm³/mol. The lowest BCUT2D eigenvalue weighted by molar-refractivity contribution is 0.195. The van der Waals surface area contributed by atoms with E-state index in [0.717, 1.165) is 43.7 Å². The summed E-state index contributed by atoms with van der Waals surface area (Å²) >= 11 is 0. The van der Waals surface area contributed by atoms with Crippen molar-refractivity contribution in [1.82, 2.24) is 29.2 Å². The number of hydrogen-bond acceptors (Lipinski definition) is 4. The Morgan fingerprint density at radius 3 is 2.63 bits per heavy atom. The highest BCUT2D eigenvalue weighted by Crippen LogP contribution is 2.27. The summed E-state index contributed by atoms with van der Waals surface area (Å²) < 4.78 is 4.29. The van der Waals surface area contributed by atoms with Crippen LogP contribution in [0.15, 0.2) is 36.7 Å². The lowest BCUT2D eigenvalue weighted by atomic mass is 9.96. The van der Waals surface area contributed by atoms with Gasteiger partial charge in [0.1, 0.15) is 11.6 Å². The fourth-order valence-corrected chi connectivity index (χ4v) is 3.95. The molecular formula is C21H28N6. The van der Waals surface area contributed by atoms with Gasteiger partial charge in [0, 0.05) is 38.4 Å². The van der Waals surface area contributed by atoms with E-state index in [0.29, 0.717) is 5.92 Å². The molecule has 0 aliphatic carbocycles. The van der Waals surface area contributed by atoms with Gasteiger partial charge in [-0.2, -0.15) is 0 Å². The van der Waals surface area contributed by atoms with Crippen LogP contribution in [0.5, 0.6) is 0 Å². The number of imidazole rings is 1. The highest BCUT2D eigenvalue weighted by molar-refractivity contribution is 5.21. The molecule has 1 aromatic carbocycles. The topological polar surface area (TPSA) is 51.8 Å². The Morgan fingerprint density at radius 2 is 1.89 bits per heavy atom. The molecule has 1 saturated heterocycles. The highest BCUT2D eigenvalue weighted by atomic mass is 15.3. The SMILES string of the molecule is Cc1ccc(CN2CCC[C@H](c3nnc(Cn4ccnc4C)n3C)C2)cc1. The zero-order chi connectivity index (χ0) is 18.8. The zero-order valence-corrected chi connectivity index (χ0v) is 16.5. The highest BCUT2D eigenvalue weighted by Gasteiger charge is 2.26. The predicted octanol–water partition coefficient (Wildman–Crippen LogP) is 3.06. The van der Waals surface area contributed by atoms with Gasteiger partial charge in [0.25, 0.3) is 0 Å². The van der Waals surface area contributed by atoms with E-state index in [1.54, 1.807) is 0 Å². The fraction of sp³-hybridized carbons (Fsp3) is 0.476. The largest absolute Gasteiger partial charge is 0.328 e. The Labute approximate surface area is 160 Å². The Bertz CT molecular complexity index is 892. The summed E-state index contributed by atoms with van der Waals surface area (Å²) in [7, 11) is 2.09. The molecule has 0 amide bonds. The summed E-state index contributed by atoms with van der Waals surface area (Å²) in [6.07, 6.45) is 6.21. The Hall–Kier alpha value is -2.47. The number of hydrogen-bond donors (Lipinski definition) is 0. The summed E-state index contributed by atoms with van der Waals surface area (Å²) in [6.45, 7) is 8.08. The number of nitrogens with zero attached hydrogens (tertiary/aromatic N) is 6. The smallest absolute Gasteiger partial charge is 0.152 e. The van der Waals surface area contributed by atoms with Gasteiger partial charge in [0.05, 0.1) is 6.54 Å². The second-order valence-electron chi connectivity index (χ2n) is 7.70.